The summed E-state index contributed by atoms with van der Waals surface area (Å²) < 4.78 is 0.458. The van der Waals surface area contributed by atoms with Crippen molar-refractivity contribution in [1.29, 1.82) is 0 Å². The highest BCUT2D eigenvalue weighted by molar-refractivity contribution is 9.10. The number of aromatic nitrogens is 1. The van der Waals surface area contributed by atoms with Gasteiger partial charge in [0.1, 0.15) is 5.54 Å². The maximum atomic E-state index is 11.1. The van der Waals surface area contributed by atoms with E-state index in [1.807, 2.05) is 0 Å². The highest BCUT2D eigenvalue weighted by atomic mass is 79.9. The van der Waals surface area contributed by atoms with Crippen LogP contribution in [-0.2, 0) is 4.79 Å². The molecular weight excluding hydrogens is 306 g/mol. The molecule has 0 saturated carbocycles. The van der Waals surface area contributed by atoms with Crippen LogP contribution in [0.3, 0.4) is 0 Å². The van der Waals surface area contributed by atoms with E-state index in [1.165, 1.54) is 38.1 Å². The molecule has 1 rings (SSSR count). The molecule has 0 unspecified atom stereocenters. The number of carboxylic acids is 1. The van der Waals surface area contributed by atoms with Crippen molar-refractivity contribution in [3.8, 4) is 0 Å². The molecule has 0 bridgehead atoms. The molecule has 1 heterocycles. The zero-order chi connectivity index (χ0) is 14.1. The number of pyridine rings is 1. The smallest absolute Gasteiger partial charge is 0.328 e. The van der Waals surface area contributed by atoms with Crippen LogP contribution >= 0.6 is 15.9 Å². The van der Waals surface area contributed by atoms with Crippen LogP contribution < -0.4 is 4.90 Å². The van der Waals surface area contributed by atoms with Gasteiger partial charge in [0.25, 0.3) is 0 Å². The van der Waals surface area contributed by atoms with E-state index in [9.17, 15) is 14.9 Å². The molecule has 8 heteroatoms. The Morgan fingerprint density at radius 1 is 1.61 bits per heavy atom. The van der Waals surface area contributed by atoms with Crippen molar-refractivity contribution < 1.29 is 14.8 Å². The number of rotatable bonds is 4. The topological polar surface area (TPSA) is 96.6 Å². The molecule has 0 aliphatic rings. The molecule has 0 radical (unpaired) electrons. The van der Waals surface area contributed by atoms with Crippen LogP contribution in [0.15, 0.2) is 16.7 Å². The summed E-state index contributed by atoms with van der Waals surface area (Å²) in [5.41, 5.74) is -1.55. The highest BCUT2D eigenvalue weighted by Crippen LogP contribution is 2.31. The minimum Gasteiger partial charge on any atom is -0.480 e. The van der Waals surface area contributed by atoms with Crippen LogP contribution in [0.25, 0.3) is 0 Å². The van der Waals surface area contributed by atoms with Crippen LogP contribution in [0.1, 0.15) is 13.8 Å². The monoisotopic (exact) mass is 317 g/mol. The largest absolute Gasteiger partial charge is 0.480 e. The first-order chi connectivity index (χ1) is 8.17. The minimum atomic E-state index is -1.30. The van der Waals surface area contributed by atoms with Gasteiger partial charge in [-0.05, 0) is 29.8 Å². The lowest BCUT2D eigenvalue weighted by molar-refractivity contribution is -0.384. The van der Waals surface area contributed by atoms with E-state index >= 15 is 0 Å². The van der Waals surface area contributed by atoms with Crippen LogP contribution in [0.5, 0.6) is 0 Å². The van der Waals surface area contributed by atoms with Crippen molar-refractivity contribution in [2.24, 2.45) is 0 Å². The van der Waals surface area contributed by atoms with Crippen molar-refractivity contribution in [2.75, 3.05) is 11.9 Å². The summed E-state index contributed by atoms with van der Waals surface area (Å²) in [7, 11) is 1.46. The second-order valence-electron chi connectivity index (χ2n) is 4.18. The van der Waals surface area contributed by atoms with Crippen molar-refractivity contribution in [1.82, 2.24) is 4.98 Å². The summed E-state index contributed by atoms with van der Waals surface area (Å²) >= 11 is 3.09. The first-order valence-electron chi connectivity index (χ1n) is 4.95. The zero-order valence-electron chi connectivity index (χ0n) is 10.0. The highest BCUT2D eigenvalue weighted by Gasteiger charge is 2.36. The number of hydrogen-bond acceptors (Lipinski definition) is 5. The third-order valence-electron chi connectivity index (χ3n) is 2.69. The Balaban J connectivity index is 3.33. The molecule has 0 saturated heterocycles. The number of carboxylic acid groups (broad SMARTS) is 1. The number of aliphatic carboxylic acids is 1. The molecule has 0 spiro atoms. The Hall–Kier alpha value is -1.70. The fourth-order valence-corrected chi connectivity index (χ4v) is 1.54. The number of nitrogens with zero attached hydrogens (tertiary/aromatic N) is 3. The molecule has 0 aromatic carbocycles. The summed E-state index contributed by atoms with van der Waals surface area (Å²) in [5.74, 6) is -1.08. The lowest BCUT2D eigenvalue weighted by Crippen LogP contribution is -2.48. The zero-order valence-corrected chi connectivity index (χ0v) is 11.6. The van der Waals surface area contributed by atoms with Gasteiger partial charge in [-0.3, -0.25) is 10.1 Å². The van der Waals surface area contributed by atoms with Crippen LogP contribution in [-0.4, -0.2) is 33.6 Å². The van der Waals surface area contributed by atoms with Crippen LogP contribution in [0.2, 0.25) is 0 Å². The van der Waals surface area contributed by atoms with E-state index in [2.05, 4.69) is 20.9 Å². The van der Waals surface area contributed by atoms with Gasteiger partial charge < -0.3 is 10.0 Å². The number of halogens is 1. The molecule has 1 aromatic heterocycles. The van der Waals surface area contributed by atoms with Gasteiger partial charge in [-0.1, -0.05) is 0 Å². The lowest BCUT2D eigenvalue weighted by Gasteiger charge is -2.31. The average molecular weight is 318 g/mol. The lowest BCUT2D eigenvalue weighted by atomic mass is 10.0. The molecule has 0 aliphatic heterocycles. The van der Waals surface area contributed by atoms with E-state index in [-0.39, 0.29) is 11.5 Å². The number of nitro groups is 1. The summed E-state index contributed by atoms with van der Waals surface area (Å²) in [4.78, 5) is 26.7. The molecule has 0 amide bonds. The summed E-state index contributed by atoms with van der Waals surface area (Å²) in [6.07, 6.45) is 1.39. The Bertz CT molecular complexity index is 504. The maximum absolute atomic E-state index is 11.1. The van der Waals surface area contributed by atoms with E-state index in [1.54, 1.807) is 0 Å². The molecule has 0 atom stereocenters. The average Bonchev–Trinajstić information content (AvgIpc) is 2.27. The summed E-state index contributed by atoms with van der Waals surface area (Å²) in [5, 5.41) is 20.1. The van der Waals surface area contributed by atoms with E-state index in [4.69, 9.17) is 5.11 Å². The third kappa shape index (κ3) is 2.58. The Morgan fingerprint density at radius 3 is 2.61 bits per heavy atom. The molecule has 98 valence electrons. The van der Waals surface area contributed by atoms with Crippen molar-refractivity contribution in [3.05, 3.63) is 26.9 Å². The second-order valence-corrected chi connectivity index (χ2v) is 5.09. The number of likely N-dealkylation sites (N-methyl/N-ethyl adjacent to an activating group) is 1. The summed E-state index contributed by atoms with van der Waals surface area (Å²) in [6, 6.07) is 1.29. The fraction of sp³-hybridized carbons (Fsp3) is 0.400. The van der Waals surface area contributed by atoms with Crippen LogP contribution in [0, 0.1) is 10.1 Å². The van der Waals surface area contributed by atoms with Crippen LogP contribution in [0.4, 0.5) is 11.5 Å². The van der Waals surface area contributed by atoms with E-state index in [0.717, 1.165) is 0 Å². The fourth-order valence-electron chi connectivity index (χ4n) is 1.22. The Kier molecular flexibility index (Phi) is 3.90. The number of hydrogen-bond donors (Lipinski definition) is 1. The normalized spacial score (nSPS) is 11.1. The molecule has 0 aliphatic carbocycles. The van der Waals surface area contributed by atoms with Crippen molar-refractivity contribution in [2.45, 2.75) is 19.4 Å². The quantitative estimate of drug-likeness (QED) is 0.674. The third-order valence-corrected chi connectivity index (χ3v) is 3.12. The van der Waals surface area contributed by atoms with Gasteiger partial charge in [-0.25, -0.2) is 9.78 Å². The first-order valence-corrected chi connectivity index (χ1v) is 5.74. The number of carbonyl (C=O) groups is 1. The molecule has 1 aromatic rings. The van der Waals surface area contributed by atoms with Gasteiger partial charge in [-0.15, -0.1) is 0 Å². The predicted molar refractivity (Wildman–Crippen MR) is 68.7 cm³/mol. The van der Waals surface area contributed by atoms with Gasteiger partial charge in [-0.2, -0.15) is 0 Å². The van der Waals surface area contributed by atoms with E-state index in [0.29, 0.717) is 4.47 Å². The Labute approximate surface area is 112 Å². The second kappa shape index (κ2) is 4.89. The van der Waals surface area contributed by atoms with Gasteiger partial charge >= 0.3 is 11.7 Å². The van der Waals surface area contributed by atoms with Crippen molar-refractivity contribution in [3.63, 3.8) is 0 Å². The molecule has 7 nitrogen and oxygen atoms in total. The van der Waals surface area contributed by atoms with Gasteiger partial charge in [0.15, 0.2) is 0 Å². The van der Waals surface area contributed by atoms with Crippen molar-refractivity contribution >= 4 is 33.4 Å². The predicted octanol–water partition coefficient (Wildman–Crippen LogP) is 2.05. The standard InChI is InChI=1S/C10H12BrN3O4/c1-10(2,9(15)16)13(3)8-7(14(17)18)4-6(11)5-12-8/h4-5H,1-3H3,(H,15,16). The molecule has 1 N–H and O–H groups in total. The summed E-state index contributed by atoms with van der Waals surface area (Å²) in [6.45, 7) is 2.89. The minimum absolute atomic E-state index is 0.00981. The van der Waals surface area contributed by atoms with Gasteiger partial charge in [0, 0.05) is 23.8 Å². The molecule has 18 heavy (non-hydrogen) atoms. The molecular formula is C10H12BrN3O4. The Morgan fingerprint density at radius 2 is 2.17 bits per heavy atom. The SMILES string of the molecule is CN(c1ncc(Br)cc1[N+](=O)[O-])C(C)(C)C(=O)O. The van der Waals surface area contributed by atoms with E-state index < -0.39 is 16.4 Å². The maximum Gasteiger partial charge on any atom is 0.328 e. The van der Waals surface area contributed by atoms with Gasteiger partial charge in [0.05, 0.1) is 4.92 Å². The first kappa shape index (κ1) is 14.4. The van der Waals surface area contributed by atoms with Gasteiger partial charge in [0.2, 0.25) is 5.82 Å². The molecule has 0 fully saturated rings. The number of anilines is 1.